The van der Waals surface area contributed by atoms with Gasteiger partial charge in [0.2, 0.25) is 11.8 Å². The van der Waals surface area contributed by atoms with E-state index in [2.05, 4.69) is 5.32 Å². The number of halogens is 6. The number of nitrogens with zero attached hydrogens (tertiary/aromatic N) is 1. The number of nitrogens with one attached hydrogen (secondary N) is 1. The maximum Gasteiger partial charge on any atom is 0.409 e. The summed E-state index contributed by atoms with van der Waals surface area (Å²) in [7, 11) is 0. The van der Waals surface area contributed by atoms with Gasteiger partial charge in [-0.3, -0.25) is 4.79 Å². The zero-order chi connectivity index (χ0) is 15.0. The van der Waals surface area contributed by atoms with Gasteiger partial charge < -0.3 is 10.2 Å². The molecule has 19 heavy (non-hydrogen) atoms. The molecule has 9 heteroatoms. The molecule has 0 spiro atoms. The van der Waals surface area contributed by atoms with Crippen LogP contribution < -0.4 is 5.32 Å². The van der Waals surface area contributed by atoms with E-state index in [0.29, 0.717) is 4.90 Å². The van der Waals surface area contributed by atoms with Crippen LogP contribution in [0, 0.1) is 5.92 Å². The van der Waals surface area contributed by atoms with Gasteiger partial charge in [0.15, 0.2) is 0 Å². The molecule has 1 aliphatic heterocycles. The van der Waals surface area contributed by atoms with Gasteiger partial charge in [0, 0.05) is 25.2 Å². The number of hydrogen-bond acceptors (Lipinski definition) is 2. The van der Waals surface area contributed by atoms with Crippen molar-refractivity contribution in [3.63, 3.8) is 0 Å². The van der Waals surface area contributed by atoms with Crippen LogP contribution in [0.3, 0.4) is 0 Å². The topological polar surface area (TPSA) is 32.3 Å². The van der Waals surface area contributed by atoms with Crippen LogP contribution in [0.1, 0.15) is 13.8 Å². The fourth-order valence-corrected chi connectivity index (χ4v) is 2.18. The molecular formula is C10H14F6N2O. The van der Waals surface area contributed by atoms with Gasteiger partial charge in [-0.2, -0.15) is 26.3 Å². The largest absolute Gasteiger partial charge is 0.409 e. The van der Waals surface area contributed by atoms with Crippen LogP contribution in [-0.4, -0.2) is 48.3 Å². The molecule has 0 aromatic rings. The summed E-state index contributed by atoms with van der Waals surface area (Å²) in [6.07, 6.45) is -11.3. The molecule has 3 nitrogen and oxygen atoms in total. The molecule has 1 N–H and O–H groups in total. The number of carbonyl (C=O) groups is 1. The third kappa shape index (κ3) is 3.52. The van der Waals surface area contributed by atoms with Crippen LogP contribution in [0.15, 0.2) is 0 Å². The second kappa shape index (κ2) is 5.18. The highest BCUT2D eigenvalue weighted by molar-refractivity contribution is 5.81. The number of piperazine rings is 1. The summed E-state index contributed by atoms with van der Waals surface area (Å²) in [6.45, 7) is 3.14. The summed E-state index contributed by atoms with van der Waals surface area (Å²) in [4.78, 5) is 12.3. The molecule has 0 bridgehead atoms. The molecule has 0 aromatic carbocycles. The monoisotopic (exact) mass is 292 g/mol. The lowest BCUT2D eigenvalue weighted by Crippen LogP contribution is -2.61. The first-order valence-corrected chi connectivity index (χ1v) is 5.62. The Morgan fingerprint density at radius 2 is 1.42 bits per heavy atom. The van der Waals surface area contributed by atoms with Gasteiger partial charge in [-0.05, 0) is 13.8 Å². The summed E-state index contributed by atoms with van der Waals surface area (Å²) >= 11 is 0. The molecule has 2 atom stereocenters. The number of hydrogen-bond donors (Lipinski definition) is 1. The zero-order valence-electron chi connectivity index (χ0n) is 10.3. The lowest BCUT2D eigenvalue weighted by Gasteiger charge is -2.41. The molecule has 1 aliphatic rings. The highest BCUT2D eigenvalue weighted by Gasteiger charge is 2.62. The fourth-order valence-electron chi connectivity index (χ4n) is 2.18. The Labute approximate surface area is 105 Å². The lowest BCUT2D eigenvalue weighted by molar-refractivity contribution is -0.278. The van der Waals surface area contributed by atoms with E-state index >= 15 is 0 Å². The first-order valence-electron chi connectivity index (χ1n) is 5.62. The van der Waals surface area contributed by atoms with Crippen molar-refractivity contribution in [2.75, 3.05) is 13.1 Å². The SMILES string of the molecule is CC1CNCC(C)N1C(=O)C(C(F)(F)F)C(F)(F)F. The van der Waals surface area contributed by atoms with Crippen molar-refractivity contribution in [2.24, 2.45) is 5.92 Å². The summed E-state index contributed by atoms with van der Waals surface area (Å²) in [5.74, 6) is -5.88. The predicted octanol–water partition coefficient (Wildman–Crippen LogP) is 1.94. The van der Waals surface area contributed by atoms with Crippen LogP contribution in [0.5, 0.6) is 0 Å². The Balaban J connectivity index is 3.06. The van der Waals surface area contributed by atoms with Gasteiger partial charge in [0.1, 0.15) is 0 Å². The van der Waals surface area contributed by atoms with Crippen LogP contribution in [0.2, 0.25) is 0 Å². The molecule has 0 radical (unpaired) electrons. The van der Waals surface area contributed by atoms with E-state index in [4.69, 9.17) is 0 Å². The summed E-state index contributed by atoms with van der Waals surface area (Å²) in [5, 5.41) is 2.83. The number of amides is 1. The Kier molecular flexibility index (Phi) is 4.38. The maximum absolute atomic E-state index is 12.5. The van der Waals surface area contributed by atoms with Crippen molar-refractivity contribution in [3.8, 4) is 0 Å². The minimum absolute atomic E-state index is 0.165. The Bertz CT molecular complexity index is 316. The average molecular weight is 292 g/mol. The molecular weight excluding hydrogens is 278 g/mol. The minimum Gasteiger partial charge on any atom is -0.334 e. The second-order valence-electron chi connectivity index (χ2n) is 4.62. The van der Waals surface area contributed by atoms with Crippen LogP contribution in [0.4, 0.5) is 26.3 Å². The number of rotatable bonds is 1. The van der Waals surface area contributed by atoms with Crippen LogP contribution in [-0.2, 0) is 4.79 Å². The highest BCUT2D eigenvalue weighted by atomic mass is 19.4. The van der Waals surface area contributed by atoms with E-state index in [1.807, 2.05) is 0 Å². The van der Waals surface area contributed by atoms with E-state index in [-0.39, 0.29) is 13.1 Å². The first kappa shape index (κ1) is 16.1. The number of alkyl halides is 6. The third-order valence-corrected chi connectivity index (χ3v) is 2.99. The van der Waals surface area contributed by atoms with Crippen molar-refractivity contribution >= 4 is 5.91 Å². The number of carbonyl (C=O) groups excluding carboxylic acids is 1. The predicted molar refractivity (Wildman–Crippen MR) is 54.2 cm³/mol. The quantitative estimate of drug-likeness (QED) is 0.749. The molecule has 0 aromatic heterocycles. The van der Waals surface area contributed by atoms with Gasteiger partial charge in [-0.1, -0.05) is 0 Å². The molecule has 1 heterocycles. The Morgan fingerprint density at radius 1 is 1.05 bits per heavy atom. The van der Waals surface area contributed by atoms with Gasteiger partial charge in [-0.25, -0.2) is 0 Å². The normalized spacial score (nSPS) is 25.8. The first-order chi connectivity index (χ1) is 8.46. The average Bonchev–Trinajstić information content (AvgIpc) is 2.11. The van der Waals surface area contributed by atoms with Gasteiger partial charge >= 0.3 is 12.4 Å². The molecule has 2 unspecified atom stereocenters. The van der Waals surface area contributed by atoms with Crippen molar-refractivity contribution < 1.29 is 31.1 Å². The van der Waals surface area contributed by atoms with E-state index < -0.39 is 36.3 Å². The van der Waals surface area contributed by atoms with Crippen LogP contribution in [0.25, 0.3) is 0 Å². The second-order valence-corrected chi connectivity index (χ2v) is 4.62. The lowest BCUT2D eigenvalue weighted by atomic mass is 10.0. The van der Waals surface area contributed by atoms with E-state index in [9.17, 15) is 31.1 Å². The van der Waals surface area contributed by atoms with Crippen LogP contribution >= 0.6 is 0 Å². The van der Waals surface area contributed by atoms with Gasteiger partial charge in [-0.15, -0.1) is 0 Å². The van der Waals surface area contributed by atoms with Crippen molar-refractivity contribution in [1.82, 2.24) is 10.2 Å². The van der Waals surface area contributed by atoms with E-state index in [1.54, 1.807) is 0 Å². The van der Waals surface area contributed by atoms with Gasteiger partial charge in [0.25, 0.3) is 0 Å². The third-order valence-electron chi connectivity index (χ3n) is 2.99. The van der Waals surface area contributed by atoms with Gasteiger partial charge in [0.05, 0.1) is 0 Å². The molecule has 1 amide bonds. The molecule has 1 fully saturated rings. The van der Waals surface area contributed by atoms with E-state index in [0.717, 1.165) is 0 Å². The summed E-state index contributed by atoms with van der Waals surface area (Å²) in [5.41, 5.74) is 0. The smallest absolute Gasteiger partial charge is 0.334 e. The zero-order valence-corrected chi connectivity index (χ0v) is 10.3. The molecule has 0 aliphatic carbocycles. The fraction of sp³-hybridized carbons (Fsp3) is 0.900. The van der Waals surface area contributed by atoms with Crippen molar-refractivity contribution in [3.05, 3.63) is 0 Å². The molecule has 1 saturated heterocycles. The highest BCUT2D eigenvalue weighted by Crippen LogP contribution is 2.41. The Morgan fingerprint density at radius 3 is 1.74 bits per heavy atom. The van der Waals surface area contributed by atoms with Crippen molar-refractivity contribution in [2.45, 2.75) is 38.3 Å². The maximum atomic E-state index is 12.5. The molecule has 112 valence electrons. The summed E-state index contributed by atoms with van der Waals surface area (Å²) < 4.78 is 75.0. The Hall–Kier alpha value is -0.990. The molecule has 1 rings (SSSR count). The summed E-state index contributed by atoms with van der Waals surface area (Å²) in [6, 6.07) is -1.44. The molecule has 0 saturated carbocycles. The standard InChI is InChI=1S/C10H14F6N2O/c1-5-3-17-4-6(2)18(5)8(19)7(9(11,12)13)10(14,15)16/h5-7,17H,3-4H2,1-2H3. The minimum atomic E-state index is -5.64. The van der Waals surface area contributed by atoms with E-state index in [1.165, 1.54) is 13.8 Å². The van der Waals surface area contributed by atoms with Crippen molar-refractivity contribution in [1.29, 1.82) is 0 Å².